The predicted molar refractivity (Wildman–Crippen MR) is 92.4 cm³/mol. The molecule has 0 radical (unpaired) electrons. The maximum atomic E-state index is 5.26. The molecule has 114 valence electrons. The largest absolute Gasteiger partial charge is 0.481 e. The molecular weight excluding hydrogens is 294 g/mol. The van der Waals surface area contributed by atoms with E-state index in [1.54, 1.807) is 19.1 Å². The number of methoxy groups -OCH3 is 1. The van der Waals surface area contributed by atoms with E-state index in [-0.39, 0.29) is 0 Å². The summed E-state index contributed by atoms with van der Waals surface area (Å²) in [5.74, 6) is 0.631. The summed E-state index contributed by atoms with van der Waals surface area (Å²) < 4.78 is 7.35. The van der Waals surface area contributed by atoms with Crippen molar-refractivity contribution in [3.8, 4) is 17.0 Å². The van der Waals surface area contributed by atoms with Gasteiger partial charge < -0.3 is 9.72 Å². The van der Waals surface area contributed by atoms with Gasteiger partial charge in [0.25, 0.3) is 0 Å². The van der Waals surface area contributed by atoms with Gasteiger partial charge >= 0.3 is 0 Å². The van der Waals surface area contributed by atoms with Crippen molar-refractivity contribution in [2.75, 3.05) is 21.2 Å². The van der Waals surface area contributed by atoms with E-state index in [4.69, 9.17) is 4.74 Å². The van der Waals surface area contributed by atoms with E-state index in [0.29, 0.717) is 5.88 Å². The second-order valence-corrected chi connectivity index (χ2v) is 6.69. The third-order valence-corrected chi connectivity index (χ3v) is 4.25. The molecule has 0 aliphatic rings. The van der Waals surface area contributed by atoms with Gasteiger partial charge in [-0.3, -0.25) is 4.31 Å². The summed E-state index contributed by atoms with van der Waals surface area (Å²) in [6.07, 6.45) is 0. The Morgan fingerprint density at radius 1 is 1.18 bits per heavy atom. The minimum atomic E-state index is 0.631. The van der Waals surface area contributed by atoms with Crippen LogP contribution in [0.15, 0.2) is 41.3 Å². The molecule has 0 bridgehead atoms. The standard InChI is InChI=1S/C17H19N3OS/c1-11-16(12-6-5-7-13(10-12)22-20(2)3)17-14(18-11)8-9-15(19-17)21-4/h5-10,18H,1-4H3. The highest BCUT2D eigenvalue weighted by atomic mass is 32.2. The van der Waals surface area contributed by atoms with Crippen LogP contribution in [0.2, 0.25) is 0 Å². The number of nitrogens with zero attached hydrogens (tertiary/aromatic N) is 2. The Morgan fingerprint density at radius 3 is 2.73 bits per heavy atom. The van der Waals surface area contributed by atoms with Gasteiger partial charge in [-0.05, 0) is 56.7 Å². The Balaban J connectivity index is 2.14. The fourth-order valence-corrected chi connectivity index (χ4v) is 3.30. The number of H-pyrrole nitrogens is 1. The number of nitrogens with one attached hydrogen (secondary N) is 1. The molecule has 2 aromatic heterocycles. The summed E-state index contributed by atoms with van der Waals surface area (Å²) in [5, 5.41) is 0. The van der Waals surface area contributed by atoms with Crippen LogP contribution in [-0.4, -0.2) is 35.5 Å². The molecule has 1 N–H and O–H groups in total. The summed E-state index contributed by atoms with van der Waals surface area (Å²) >= 11 is 1.71. The Morgan fingerprint density at radius 2 is 2.00 bits per heavy atom. The van der Waals surface area contributed by atoms with Gasteiger partial charge in [0.05, 0.1) is 12.6 Å². The second kappa shape index (κ2) is 6.02. The summed E-state index contributed by atoms with van der Waals surface area (Å²) in [7, 11) is 5.73. The van der Waals surface area contributed by atoms with Crippen molar-refractivity contribution in [3.05, 3.63) is 42.1 Å². The van der Waals surface area contributed by atoms with Gasteiger partial charge in [0, 0.05) is 22.2 Å². The van der Waals surface area contributed by atoms with Crippen LogP contribution in [0.4, 0.5) is 0 Å². The number of hydrogen-bond acceptors (Lipinski definition) is 4. The fraction of sp³-hybridized carbons (Fsp3) is 0.235. The van der Waals surface area contributed by atoms with Crippen LogP contribution < -0.4 is 4.74 Å². The summed E-state index contributed by atoms with van der Waals surface area (Å²) in [5.41, 5.74) is 5.39. The number of aromatic nitrogens is 2. The topological polar surface area (TPSA) is 41.1 Å². The van der Waals surface area contributed by atoms with E-state index >= 15 is 0 Å². The Bertz CT molecular complexity index is 811. The Hall–Kier alpha value is -1.98. The molecule has 0 saturated heterocycles. The van der Waals surface area contributed by atoms with Crippen molar-refractivity contribution in [3.63, 3.8) is 0 Å². The molecule has 0 saturated carbocycles. The molecule has 0 aliphatic heterocycles. The summed E-state index contributed by atoms with van der Waals surface area (Å²) in [6.45, 7) is 2.08. The lowest BCUT2D eigenvalue weighted by Crippen LogP contribution is -1.98. The van der Waals surface area contributed by atoms with Gasteiger partial charge in [-0.15, -0.1) is 0 Å². The van der Waals surface area contributed by atoms with E-state index in [1.165, 1.54) is 4.90 Å². The Kier molecular flexibility index (Phi) is 4.09. The molecule has 0 atom stereocenters. The third kappa shape index (κ3) is 2.82. The molecular formula is C17H19N3OS. The maximum Gasteiger partial charge on any atom is 0.213 e. The first-order valence-corrected chi connectivity index (χ1v) is 7.85. The summed E-state index contributed by atoms with van der Waals surface area (Å²) in [6, 6.07) is 12.4. The van der Waals surface area contributed by atoms with E-state index in [9.17, 15) is 0 Å². The van der Waals surface area contributed by atoms with E-state index < -0.39 is 0 Å². The van der Waals surface area contributed by atoms with Crippen LogP contribution in [0.3, 0.4) is 0 Å². The van der Waals surface area contributed by atoms with Crippen LogP contribution in [0.5, 0.6) is 5.88 Å². The monoisotopic (exact) mass is 313 g/mol. The van der Waals surface area contributed by atoms with Crippen LogP contribution >= 0.6 is 11.9 Å². The van der Waals surface area contributed by atoms with Crippen molar-refractivity contribution < 1.29 is 4.74 Å². The molecule has 1 aromatic carbocycles. The van der Waals surface area contributed by atoms with E-state index in [1.807, 2.05) is 26.2 Å². The molecule has 2 heterocycles. The molecule has 22 heavy (non-hydrogen) atoms. The molecule has 0 amide bonds. The van der Waals surface area contributed by atoms with Gasteiger partial charge in [0.15, 0.2) is 0 Å². The minimum Gasteiger partial charge on any atom is -0.481 e. The van der Waals surface area contributed by atoms with Crippen LogP contribution in [-0.2, 0) is 0 Å². The summed E-state index contributed by atoms with van der Waals surface area (Å²) in [4.78, 5) is 9.22. The van der Waals surface area contributed by atoms with Crippen molar-refractivity contribution in [1.82, 2.24) is 14.3 Å². The Labute approximate surface area is 134 Å². The second-order valence-electron chi connectivity index (χ2n) is 5.31. The molecule has 0 fully saturated rings. The van der Waals surface area contributed by atoms with Gasteiger partial charge in [-0.25, -0.2) is 4.98 Å². The molecule has 3 aromatic rings. The average molecular weight is 313 g/mol. The average Bonchev–Trinajstić information content (AvgIpc) is 2.81. The van der Waals surface area contributed by atoms with Crippen molar-refractivity contribution in [2.24, 2.45) is 0 Å². The minimum absolute atomic E-state index is 0.631. The highest BCUT2D eigenvalue weighted by molar-refractivity contribution is 7.97. The molecule has 0 spiro atoms. The molecule has 0 unspecified atom stereocenters. The maximum absolute atomic E-state index is 5.26. The molecule has 4 nitrogen and oxygen atoms in total. The van der Waals surface area contributed by atoms with Crippen molar-refractivity contribution in [1.29, 1.82) is 0 Å². The highest BCUT2D eigenvalue weighted by Crippen LogP contribution is 2.34. The lowest BCUT2D eigenvalue weighted by molar-refractivity contribution is 0.399. The normalized spacial score (nSPS) is 11.3. The first-order valence-electron chi connectivity index (χ1n) is 7.07. The quantitative estimate of drug-likeness (QED) is 0.736. The molecule has 3 rings (SSSR count). The zero-order valence-corrected chi connectivity index (χ0v) is 14.0. The van der Waals surface area contributed by atoms with Gasteiger partial charge in [-0.1, -0.05) is 12.1 Å². The van der Waals surface area contributed by atoms with Crippen LogP contribution in [0, 0.1) is 6.92 Å². The number of fused-ring (bicyclic) bond motifs is 1. The number of hydrogen-bond donors (Lipinski definition) is 1. The first kappa shape index (κ1) is 14.9. The van der Waals surface area contributed by atoms with Crippen molar-refractivity contribution in [2.45, 2.75) is 11.8 Å². The zero-order chi connectivity index (χ0) is 15.7. The van der Waals surface area contributed by atoms with Crippen molar-refractivity contribution >= 4 is 23.0 Å². The highest BCUT2D eigenvalue weighted by Gasteiger charge is 2.13. The zero-order valence-electron chi connectivity index (χ0n) is 13.2. The number of pyridine rings is 1. The van der Waals surface area contributed by atoms with E-state index in [0.717, 1.165) is 27.9 Å². The van der Waals surface area contributed by atoms with Gasteiger partial charge in [0.1, 0.15) is 5.52 Å². The fourth-order valence-electron chi connectivity index (χ4n) is 2.56. The van der Waals surface area contributed by atoms with Gasteiger partial charge in [0.2, 0.25) is 5.88 Å². The SMILES string of the molecule is COc1ccc2[nH]c(C)c(-c3cccc(SN(C)C)c3)c2n1. The predicted octanol–water partition coefficient (Wildman–Crippen LogP) is 4.12. The molecule has 5 heteroatoms. The van der Waals surface area contributed by atoms with Gasteiger partial charge in [-0.2, -0.15) is 0 Å². The lowest BCUT2D eigenvalue weighted by Gasteiger charge is -2.10. The number of benzene rings is 1. The lowest BCUT2D eigenvalue weighted by atomic mass is 10.1. The number of rotatable bonds is 4. The first-order chi connectivity index (χ1) is 10.6. The van der Waals surface area contributed by atoms with Crippen LogP contribution in [0.1, 0.15) is 5.69 Å². The number of ether oxygens (including phenoxy) is 1. The number of aryl methyl sites for hydroxylation is 1. The molecule has 0 aliphatic carbocycles. The number of aromatic amines is 1. The smallest absolute Gasteiger partial charge is 0.213 e. The van der Waals surface area contributed by atoms with E-state index in [2.05, 4.69) is 45.5 Å². The third-order valence-electron chi connectivity index (χ3n) is 3.42. The van der Waals surface area contributed by atoms with Crippen LogP contribution in [0.25, 0.3) is 22.2 Å².